The Hall–Kier alpha value is -2.16. The largest absolute Gasteiger partial charge is 0.355 e. The van der Waals surface area contributed by atoms with E-state index in [-0.39, 0.29) is 12.3 Å². The lowest BCUT2D eigenvalue weighted by Crippen LogP contribution is -2.28. The summed E-state index contributed by atoms with van der Waals surface area (Å²) in [6, 6.07) is 5.32. The number of benzene rings is 1. The van der Waals surface area contributed by atoms with Gasteiger partial charge in [0.05, 0.1) is 27.8 Å². The van der Waals surface area contributed by atoms with E-state index in [0.717, 1.165) is 28.5 Å². The van der Waals surface area contributed by atoms with Crippen LogP contribution in [0.1, 0.15) is 22.8 Å². The predicted octanol–water partition coefficient (Wildman–Crippen LogP) is 3.49. The van der Waals surface area contributed by atoms with Crippen LogP contribution in [0.5, 0.6) is 0 Å². The molecule has 10 heteroatoms. The first-order valence-electron chi connectivity index (χ1n) is 8.65. The Balaban J connectivity index is 1.67. The van der Waals surface area contributed by atoms with Gasteiger partial charge >= 0.3 is 0 Å². The maximum Gasteiger partial charge on any atom is 0.224 e. The van der Waals surface area contributed by atoms with Gasteiger partial charge in [-0.15, -0.1) is 0 Å². The number of carbonyl (C=O) groups excluding carboxylic acids is 1. The van der Waals surface area contributed by atoms with Gasteiger partial charge in [-0.1, -0.05) is 23.2 Å². The summed E-state index contributed by atoms with van der Waals surface area (Å²) >= 11 is 17.2. The normalized spacial score (nSPS) is 11.0. The Morgan fingerprint density at radius 2 is 2.04 bits per heavy atom. The molecular weight excluding hydrogens is 419 g/mol. The third kappa shape index (κ3) is 4.29. The molecular formula is C18H20Cl2N6OS. The minimum absolute atomic E-state index is 0.0725. The smallest absolute Gasteiger partial charge is 0.224 e. The van der Waals surface area contributed by atoms with Crippen LogP contribution in [-0.2, 0) is 24.7 Å². The van der Waals surface area contributed by atoms with E-state index in [1.54, 1.807) is 21.4 Å². The van der Waals surface area contributed by atoms with E-state index in [2.05, 4.69) is 20.6 Å². The SMILES string of the molecule is Cc1nn(-c2ccc(Cl)c(Cl)c2)c(C)c1CC(=O)NCCc1n[nH]c(=S)n1C. The van der Waals surface area contributed by atoms with E-state index in [4.69, 9.17) is 35.4 Å². The molecule has 0 unspecified atom stereocenters. The fraction of sp³-hybridized carbons (Fsp3) is 0.333. The zero-order valence-electron chi connectivity index (χ0n) is 15.7. The Morgan fingerprint density at radius 3 is 2.68 bits per heavy atom. The van der Waals surface area contributed by atoms with Crippen molar-refractivity contribution in [2.24, 2.45) is 7.05 Å². The lowest BCUT2D eigenvalue weighted by molar-refractivity contribution is -0.120. The molecule has 28 heavy (non-hydrogen) atoms. The number of halogens is 2. The molecule has 1 aromatic carbocycles. The molecule has 1 amide bonds. The van der Waals surface area contributed by atoms with Crippen LogP contribution >= 0.6 is 35.4 Å². The lowest BCUT2D eigenvalue weighted by Gasteiger charge is -2.08. The van der Waals surface area contributed by atoms with Gasteiger partial charge in [0.2, 0.25) is 5.91 Å². The quantitative estimate of drug-likeness (QED) is 0.577. The van der Waals surface area contributed by atoms with Gasteiger partial charge in [-0.3, -0.25) is 9.89 Å². The summed E-state index contributed by atoms with van der Waals surface area (Å²) in [5.74, 6) is 0.724. The first-order chi connectivity index (χ1) is 13.3. The minimum atomic E-state index is -0.0725. The summed E-state index contributed by atoms with van der Waals surface area (Å²) in [5.41, 5.74) is 3.38. The molecule has 2 heterocycles. The van der Waals surface area contributed by atoms with Crippen molar-refractivity contribution in [1.82, 2.24) is 29.9 Å². The van der Waals surface area contributed by atoms with Crippen LogP contribution in [-0.4, -0.2) is 37.0 Å². The third-order valence-corrected chi connectivity index (χ3v) is 5.67. The summed E-state index contributed by atoms with van der Waals surface area (Å²) in [7, 11) is 1.84. The molecule has 0 saturated carbocycles. The van der Waals surface area contributed by atoms with Crippen LogP contribution in [0.2, 0.25) is 10.0 Å². The van der Waals surface area contributed by atoms with E-state index in [0.29, 0.717) is 27.8 Å². The summed E-state index contributed by atoms with van der Waals surface area (Å²) < 4.78 is 4.12. The van der Waals surface area contributed by atoms with E-state index in [1.807, 2.05) is 27.0 Å². The van der Waals surface area contributed by atoms with Gasteiger partial charge < -0.3 is 9.88 Å². The standard InChI is InChI=1S/C18H20Cl2N6OS/c1-10-13(9-17(27)21-7-6-16-22-23-18(28)25(16)3)11(2)26(24-10)12-4-5-14(19)15(20)8-12/h4-5,8H,6-7,9H2,1-3H3,(H,21,27)(H,23,28). The average molecular weight is 439 g/mol. The van der Waals surface area contributed by atoms with E-state index in [9.17, 15) is 4.79 Å². The maximum atomic E-state index is 12.4. The number of aryl methyl sites for hydroxylation is 1. The van der Waals surface area contributed by atoms with Crippen molar-refractivity contribution in [2.75, 3.05) is 6.54 Å². The van der Waals surface area contributed by atoms with Gasteiger partial charge in [0.1, 0.15) is 5.82 Å². The van der Waals surface area contributed by atoms with Crippen LogP contribution in [0, 0.1) is 18.6 Å². The molecule has 0 aliphatic rings. The van der Waals surface area contributed by atoms with E-state index < -0.39 is 0 Å². The predicted molar refractivity (Wildman–Crippen MR) is 112 cm³/mol. The van der Waals surface area contributed by atoms with Crippen LogP contribution in [0.25, 0.3) is 5.69 Å². The molecule has 2 N–H and O–H groups in total. The van der Waals surface area contributed by atoms with Crippen LogP contribution in [0.4, 0.5) is 0 Å². The molecule has 0 aliphatic carbocycles. The molecule has 0 aliphatic heterocycles. The molecule has 7 nitrogen and oxygen atoms in total. The highest BCUT2D eigenvalue weighted by atomic mass is 35.5. The average Bonchev–Trinajstić information content (AvgIpc) is 3.12. The van der Waals surface area contributed by atoms with Crippen LogP contribution in [0.15, 0.2) is 18.2 Å². The van der Waals surface area contributed by atoms with Crippen molar-refractivity contribution >= 4 is 41.3 Å². The minimum Gasteiger partial charge on any atom is -0.355 e. The number of amides is 1. The van der Waals surface area contributed by atoms with Crippen molar-refractivity contribution in [3.8, 4) is 5.69 Å². The molecule has 0 fully saturated rings. The second-order valence-corrected chi connectivity index (χ2v) is 7.64. The molecule has 0 bridgehead atoms. The number of nitrogens with zero attached hydrogens (tertiary/aromatic N) is 4. The fourth-order valence-corrected chi connectivity index (χ4v) is 3.38. The molecule has 0 spiro atoms. The van der Waals surface area contributed by atoms with Gasteiger partial charge in [0, 0.05) is 31.3 Å². The molecule has 0 atom stereocenters. The van der Waals surface area contributed by atoms with E-state index >= 15 is 0 Å². The van der Waals surface area contributed by atoms with Gasteiger partial charge in [-0.2, -0.15) is 10.2 Å². The number of rotatable bonds is 6. The van der Waals surface area contributed by atoms with Crippen molar-refractivity contribution in [1.29, 1.82) is 0 Å². The first kappa shape index (κ1) is 20.6. The Labute approximate surface area is 177 Å². The summed E-state index contributed by atoms with van der Waals surface area (Å²) in [6.45, 7) is 4.30. The highest BCUT2D eigenvalue weighted by Crippen LogP contribution is 2.26. The van der Waals surface area contributed by atoms with Crippen LogP contribution < -0.4 is 5.32 Å². The Morgan fingerprint density at radius 1 is 1.29 bits per heavy atom. The topological polar surface area (TPSA) is 80.5 Å². The maximum absolute atomic E-state index is 12.4. The highest BCUT2D eigenvalue weighted by Gasteiger charge is 2.16. The Bertz CT molecular complexity index is 1080. The lowest BCUT2D eigenvalue weighted by atomic mass is 10.1. The second kappa shape index (κ2) is 8.46. The summed E-state index contributed by atoms with van der Waals surface area (Å²) in [4.78, 5) is 12.4. The van der Waals surface area contributed by atoms with Gasteiger partial charge in [-0.05, 0) is 44.3 Å². The zero-order chi connectivity index (χ0) is 20.4. The second-order valence-electron chi connectivity index (χ2n) is 6.44. The van der Waals surface area contributed by atoms with Crippen molar-refractivity contribution in [3.63, 3.8) is 0 Å². The zero-order valence-corrected chi connectivity index (χ0v) is 18.0. The Kier molecular flexibility index (Phi) is 6.22. The van der Waals surface area contributed by atoms with Gasteiger partial charge in [0.15, 0.2) is 4.77 Å². The van der Waals surface area contributed by atoms with Gasteiger partial charge in [-0.25, -0.2) is 4.68 Å². The molecule has 0 radical (unpaired) electrons. The third-order valence-electron chi connectivity index (χ3n) is 4.57. The molecule has 3 aromatic rings. The first-order valence-corrected chi connectivity index (χ1v) is 9.82. The number of carbonyl (C=O) groups is 1. The number of aromatic amines is 1. The van der Waals surface area contributed by atoms with Crippen LogP contribution in [0.3, 0.4) is 0 Å². The van der Waals surface area contributed by atoms with Gasteiger partial charge in [0.25, 0.3) is 0 Å². The highest BCUT2D eigenvalue weighted by molar-refractivity contribution is 7.71. The molecule has 148 valence electrons. The molecule has 3 rings (SSSR count). The number of hydrogen-bond acceptors (Lipinski definition) is 4. The number of H-pyrrole nitrogens is 1. The number of hydrogen-bond donors (Lipinski definition) is 2. The number of nitrogens with one attached hydrogen (secondary N) is 2. The molecule has 2 aromatic heterocycles. The summed E-state index contributed by atoms with van der Waals surface area (Å²) in [5, 5.41) is 15.3. The molecule has 0 saturated heterocycles. The number of aromatic nitrogens is 5. The summed E-state index contributed by atoms with van der Waals surface area (Å²) in [6.07, 6.45) is 0.841. The monoisotopic (exact) mass is 438 g/mol. The van der Waals surface area contributed by atoms with Crippen molar-refractivity contribution in [2.45, 2.75) is 26.7 Å². The van der Waals surface area contributed by atoms with E-state index in [1.165, 1.54) is 0 Å². The fourth-order valence-electron chi connectivity index (χ4n) is 2.94. The van der Waals surface area contributed by atoms with Crippen molar-refractivity contribution in [3.05, 3.63) is 55.8 Å². The van der Waals surface area contributed by atoms with Crippen molar-refractivity contribution < 1.29 is 4.79 Å².